The van der Waals surface area contributed by atoms with E-state index in [4.69, 9.17) is 5.11 Å². The van der Waals surface area contributed by atoms with E-state index in [2.05, 4.69) is 10.2 Å². The molecule has 0 saturated heterocycles. The summed E-state index contributed by atoms with van der Waals surface area (Å²) in [5.74, 6) is 2.28. The standard InChI is InChI=1S/C12H21N3O/c1-15-11(9-16)13-14-12(15)10-7-5-3-2-4-6-8-10/h10,16H,2-9H2,1H3. The maximum absolute atomic E-state index is 9.11. The van der Waals surface area contributed by atoms with Gasteiger partial charge in [-0.15, -0.1) is 10.2 Å². The van der Waals surface area contributed by atoms with Gasteiger partial charge in [-0.3, -0.25) is 0 Å². The molecule has 0 amide bonds. The van der Waals surface area contributed by atoms with Gasteiger partial charge in [-0.2, -0.15) is 0 Å². The van der Waals surface area contributed by atoms with Gasteiger partial charge in [-0.25, -0.2) is 0 Å². The molecule has 16 heavy (non-hydrogen) atoms. The second-order valence-corrected chi connectivity index (χ2v) is 4.73. The van der Waals surface area contributed by atoms with E-state index in [0.717, 1.165) is 5.82 Å². The number of aliphatic hydroxyl groups excluding tert-OH is 1. The van der Waals surface area contributed by atoms with Gasteiger partial charge in [-0.1, -0.05) is 32.1 Å². The zero-order valence-corrected chi connectivity index (χ0v) is 10.0. The lowest BCUT2D eigenvalue weighted by molar-refractivity contribution is 0.266. The van der Waals surface area contributed by atoms with Crippen LogP contribution >= 0.6 is 0 Å². The third kappa shape index (κ3) is 2.43. The van der Waals surface area contributed by atoms with E-state index in [-0.39, 0.29) is 6.61 Å². The van der Waals surface area contributed by atoms with Gasteiger partial charge in [0.15, 0.2) is 5.82 Å². The van der Waals surface area contributed by atoms with Crippen LogP contribution in [0, 0.1) is 0 Å². The molecule has 1 aromatic heterocycles. The Morgan fingerprint density at radius 3 is 2.31 bits per heavy atom. The Bertz CT molecular complexity index is 327. The van der Waals surface area contributed by atoms with E-state index < -0.39 is 0 Å². The average molecular weight is 223 g/mol. The lowest BCUT2D eigenvalue weighted by atomic mass is 9.90. The molecule has 1 heterocycles. The molecule has 0 aromatic carbocycles. The number of hydrogen-bond acceptors (Lipinski definition) is 3. The predicted molar refractivity (Wildman–Crippen MR) is 62.0 cm³/mol. The summed E-state index contributed by atoms with van der Waals surface area (Å²) < 4.78 is 1.96. The Morgan fingerprint density at radius 2 is 1.75 bits per heavy atom. The lowest BCUT2D eigenvalue weighted by Crippen LogP contribution is -2.10. The maximum Gasteiger partial charge on any atom is 0.158 e. The Kier molecular flexibility index (Phi) is 3.93. The van der Waals surface area contributed by atoms with Crippen molar-refractivity contribution in [3.05, 3.63) is 11.6 Å². The van der Waals surface area contributed by atoms with E-state index in [1.807, 2.05) is 11.6 Å². The largest absolute Gasteiger partial charge is 0.388 e. The molecule has 90 valence electrons. The Hall–Kier alpha value is -0.900. The SMILES string of the molecule is Cn1c(CO)nnc1C1CCCCCCC1. The molecule has 1 aliphatic carbocycles. The van der Waals surface area contributed by atoms with Crippen LogP contribution in [0.15, 0.2) is 0 Å². The second-order valence-electron chi connectivity index (χ2n) is 4.73. The average Bonchev–Trinajstić information content (AvgIpc) is 2.60. The second kappa shape index (κ2) is 5.43. The predicted octanol–water partition coefficient (Wildman–Crippen LogP) is 2.14. The quantitative estimate of drug-likeness (QED) is 0.835. The molecular formula is C12H21N3O. The number of nitrogens with zero attached hydrogens (tertiary/aromatic N) is 3. The summed E-state index contributed by atoms with van der Waals surface area (Å²) in [6, 6.07) is 0. The number of rotatable bonds is 2. The van der Waals surface area contributed by atoms with Crippen molar-refractivity contribution in [3.63, 3.8) is 0 Å². The van der Waals surface area contributed by atoms with E-state index in [1.54, 1.807) is 0 Å². The first-order valence-corrected chi connectivity index (χ1v) is 6.32. The Labute approximate surface area is 96.7 Å². The van der Waals surface area contributed by atoms with Gasteiger partial charge in [0.2, 0.25) is 0 Å². The molecule has 1 fully saturated rings. The van der Waals surface area contributed by atoms with Crippen molar-refractivity contribution >= 4 is 0 Å². The van der Waals surface area contributed by atoms with Crippen LogP contribution in [-0.2, 0) is 13.7 Å². The highest BCUT2D eigenvalue weighted by Crippen LogP contribution is 2.29. The third-order valence-electron chi connectivity index (χ3n) is 3.61. The smallest absolute Gasteiger partial charge is 0.158 e. The molecule has 2 rings (SSSR count). The van der Waals surface area contributed by atoms with Crippen molar-refractivity contribution in [1.29, 1.82) is 0 Å². The fourth-order valence-electron chi connectivity index (χ4n) is 2.58. The fourth-order valence-corrected chi connectivity index (χ4v) is 2.58. The van der Waals surface area contributed by atoms with Crippen LogP contribution in [0.3, 0.4) is 0 Å². The first-order valence-electron chi connectivity index (χ1n) is 6.32. The number of aromatic nitrogens is 3. The first kappa shape index (κ1) is 11.6. The lowest BCUT2D eigenvalue weighted by Gasteiger charge is -2.18. The zero-order valence-electron chi connectivity index (χ0n) is 10.0. The van der Waals surface area contributed by atoms with Crippen LogP contribution in [0.4, 0.5) is 0 Å². The van der Waals surface area contributed by atoms with Crippen LogP contribution in [-0.4, -0.2) is 19.9 Å². The minimum Gasteiger partial charge on any atom is -0.388 e. The molecule has 0 radical (unpaired) electrons. The highest BCUT2D eigenvalue weighted by Gasteiger charge is 2.19. The van der Waals surface area contributed by atoms with E-state index in [0.29, 0.717) is 11.7 Å². The summed E-state index contributed by atoms with van der Waals surface area (Å²) in [6.45, 7) is -0.0176. The summed E-state index contributed by atoms with van der Waals surface area (Å²) >= 11 is 0. The maximum atomic E-state index is 9.11. The normalized spacial score (nSPS) is 19.4. The van der Waals surface area contributed by atoms with Crippen molar-refractivity contribution in [2.24, 2.45) is 7.05 Å². The first-order chi connectivity index (χ1) is 7.83. The summed E-state index contributed by atoms with van der Waals surface area (Å²) in [7, 11) is 1.96. The van der Waals surface area contributed by atoms with Gasteiger partial charge in [0, 0.05) is 13.0 Å². The van der Waals surface area contributed by atoms with E-state index in [9.17, 15) is 0 Å². The van der Waals surface area contributed by atoms with Crippen LogP contribution < -0.4 is 0 Å². The fraction of sp³-hybridized carbons (Fsp3) is 0.833. The molecule has 0 atom stereocenters. The van der Waals surface area contributed by atoms with Gasteiger partial charge in [0.1, 0.15) is 12.4 Å². The van der Waals surface area contributed by atoms with Crippen molar-refractivity contribution in [2.75, 3.05) is 0 Å². The highest BCUT2D eigenvalue weighted by molar-refractivity contribution is 5.01. The molecule has 1 saturated carbocycles. The molecule has 0 bridgehead atoms. The van der Waals surface area contributed by atoms with E-state index in [1.165, 1.54) is 44.9 Å². The molecule has 0 unspecified atom stereocenters. The van der Waals surface area contributed by atoms with Crippen LogP contribution in [0.1, 0.15) is 62.5 Å². The summed E-state index contributed by atoms with van der Waals surface area (Å²) in [6.07, 6.45) is 9.11. The van der Waals surface area contributed by atoms with Crippen molar-refractivity contribution in [3.8, 4) is 0 Å². The molecular weight excluding hydrogens is 202 g/mol. The van der Waals surface area contributed by atoms with Crippen LogP contribution in [0.25, 0.3) is 0 Å². The topological polar surface area (TPSA) is 50.9 Å². The van der Waals surface area contributed by atoms with Crippen LogP contribution in [0.2, 0.25) is 0 Å². The third-order valence-corrected chi connectivity index (χ3v) is 3.61. The minimum absolute atomic E-state index is 0.0176. The number of aliphatic hydroxyl groups is 1. The number of hydrogen-bond donors (Lipinski definition) is 1. The molecule has 0 spiro atoms. The zero-order chi connectivity index (χ0) is 11.4. The molecule has 1 aliphatic rings. The molecule has 4 nitrogen and oxygen atoms in total. The summed E-state index contributed by atoms with van der Waals surface area (Å²) in [5.41, 5.74) is 0. The summed E-state index contributed by atoms with van der Waals surface area (Å²) in [4.78, 5) is 0. The monoisotopic (exact) mass is 223 g/mol. The highest BCUT2D eigenvalue weighted by atomic mass is 16.3. The van der Waals surface area contributed by atoms with Gasteiger partial charge >= 0.3 is 0 Å². The minimum atomic E-state index is -0.0176. The van der Waals surface area contributed by atoms with E-state index >= 15 is 0 Å². The van der Waals surface area contributed by atoms with Gasteiger partial charge in [0.05, 0.1) is 0 Å². The molecule has 4 heteroatoms. The van der Waals surface area contributed by atoms with Gasteiger partial charge < -0.3 is 9.67 Å². The van der Waals surface area contributed by atoms with Crippen molar-refractivity contribution < 1.29 is 5.11 Å². The molecule has 1 aromatic rings. The van der Waals surface area contributed by atoms with Crippen LogP contribution in [0.5, 0.6) is 0 Å². The molecule has 0 aliphatic heterocycles. The van der Waals surface area contributed by atoms with Crippen molar-refractivity contribution in [2.45, 2.75) is 57.5 Å². The molecule has 1 N–H and O–H groups in total. The van der Waals surface area contributed by atoms with Crippen molar-refractivity contribution in [1.82, 2.24) is 14.8 Å². The van der Waals surface area contributed by atoms with Gasteiger partial charge in [-0.05, 0) is 12.8 Å². The van der Waals surface area contributed by atoms with Gasteiger partial charge in [0.25, 0.3) is 0 Å². The Morgan fingerprint density at radius 1 is 1.12 bits per heavy atom. The Balaban J connectivity index is 2.11. The summed E-state index contributed by atoms with van der Waals surface area (Å²) in [5, 5.41) is 17.4.